The minimum atomic E-state index is -1.22. The Morgan fingerprint density at radius 2 is 1.91 bits per heavy atom. The zero-order chi connectivity index (χ0) is 32.4. The lowest BCUT2D eigenvalue weighted by Gasteiger charge is -2.32. The van der Waals surface area contributed by atoms with Crippen LogP contribution in [0.5, 0.6) is 11.5 Å². The first-order chi connectivity index (χ1) is 20.8. The Bertz CT molecular complexity index is 1370. The van der Waals surface area contributed by atoms with E-state index in [1.54, 1.807) is 51.1 Å². The topological polar surface area (TPSA) is 166 Å². The van der Waals surface area contributed by atoms with Gasteiger partial charge in [0.05, 0.1) is 18.5 Å². The number of hydrogen-bond donors (Lipinski definition) is 2. The average Bonchev–Trinajstić information content (AvgIpc) is 2.95. The predicted molar refractivity (Wildman–Crippen MR) is 160 cm³/mol. The molecular formula is C31H40N4O9. The van der Waals surface area contributed by atoms with Crippen molar-refractivity contribution in [2.24, 2.45) is 0 Å². The number of hydrogen-bond acceptors (Lipinski definition) is 9. The molecular weight excluding hydrogens is 572 g/mol. The second-order valence-electron chi connectivity index (χ2n) is 11.4. The Morgan fingerprint density at radius 3 is 2.57 bits per heavy atom. The van der Waals surface area contributed by atoms with Gasteiger partial charge >= 0.3 is 17.7 Å². The summed E-state index contributed by atoms with van der Waals surface area (Å²) < 4.78 is 16.1. The summed E-state index contributed by atoms with van der Waals surface area (Å²) in [5.41, 5.74) is -0.115. The monoisotopic (exact) mass is 612 g/mol. The van der Waals surface area contributed by atoms with Gasteiger partial charge in [0.25, 0.3) is 0 Å². The molecule has 2 atom stereocenters. The molecule has 44 heavy (non-hydrogen) atoms. The average molecular weight is 613 g/mol. The van der Waals surface area contributed by atoms with Crippen LogP contribution in [0.1, 0.15) is 58.1 Å². The van der Waals surface area contributed by atoms with Crippen LogP contribution in [0, 0.1) is 10.1 Å². The van der Waals surface area contributed by atoms with Crippen molar-refractivity contribution in [2.75, 3.05) is 20.2 Å². The predicted octanol–water partition coefficient (Wildman–Crippen LogP) is 4.06. The van der Waals surface area contributed by atoms with E-state index in [1.807, 2.05) is 6.92 Å². The fraction of sp³-hybridized carbons (Fsp3) is 0.484. The summed E-state index contributed by atoms with van der Waals surface area (Å²) in [5.74, 6) is -1.48. The van der Waals surface area contributed by atoms with Crippen molar-refractivity contribution in [3.63, 3.8) is 0 Å². The number of esters is 1. The second-order valence-corrected chi connectivity index (χ2v) is 11.4. The third-order valence-electron chi connectivity index (χ3n) is 6.78. The number of ether oxygens (including phenoxy) is 3. The first kappa shape index (κ1) is 33.8. The molecule has 13 nitrogen and oxygen atoms in total. The first-order valence-electron chi connectivity index (χ1n) is 14.5. The minimum absolute atomic E-state index is 0.00276. The zero-order valence-corrected chi connectivity index (χ0v) is 25.7. The number of nitrogens with one attached hydrogen (secondary N) is 2. The summed E-state index contributed by atoms with van der Waals surface area (Å²) in [5, 5.41) is 17.2. The van der Waals surface area contributed by atoms with Gasteiger partial charge in [-0.25, -0.2) is 9.59 Å². The number of nitro benzene ring substituents is 1. The van der Waals surface area contributed by atoms with E-state index >= 15 is 0 Å². The number of benzene rings is 2. The number of carbonyl (C=O) groups is 4. The van der Waals surface area contributed by atoms with Gasteiger partial charge in [0.15, 0.2) is 0 Å². The molecule has 0 saturated heterocycles. The van der Waals surface area contributed by atoms with Gasteiger partial charge < -0.3 is 29.7 Å². The van der Waals surface area contributed by atoms with Gasteiger partial charge in [0.2, 0.25) is 17.6 Å². The molecule has 0 aliphatic carbocycles. The highest BCUT2D eigenvalue weighted by atomic mass is 16.6. The molecule has 2 aliphatic rings. The molecule has 2 N–H and O–H groups in total. The minimum Gasteiger partial charge on any atom is -0.467 e. The molecule has 0 fully saturated rings. The van der Waals surface area contributed by atoms with Gasteiger partial charge in [-0.05, 0) is 62.9 Å². The summed E-state index contributed by atoms with van der Waals surface area (Å²) >= 11 is 0. The number of carbonyl (C=O) groups excluding carboxylic acids is 4. The molecule has 2 aromatic rings. The van der Waals surface area contributed by atoms with Crippen LogP contribution in [0.4, 0.5) is 10.5 Å². The van der Waals surface area contributed by atoms with E-state index in [-0.39, 0.29) is 49.7 Å². The van der Waals surface area contributed by atoms with Crippen LogP contribution in [0.25, 0.3) is 0 Å². The Balaban J connectivity index is 2.06. The molecule has 4 bridgehead atoms. The van der Waals surface area contributed by atoms with E-state index in [1.165, 1.54) is 24.1 Å². The third kappa shape index (κ3) is 9.68. The van der Waals surface area contributed by atoms with Crippen molar-refractivity contribution in [1.82, 2.24) is 15.5 Å². The maximum Gasteiger partial charge on any atom is 0.407 e. The highest BCUT2D eigenvalue weighted by Gasteiger charge is 2.33. The van der Waals surface area contributed by atoms with Crippen LogP contribution in [-0.4, -0.2) is 71.6 Å². The zero-order valence-electron chi connectivity index (χ0n) is 25.7. The van der Waals surface area contributed by atoms with Crippen LogP contribution in [0.15, 0.2) is 42.5 Å². The Kier molecular flexibility index (Phi) is 11.7. The molecule has 2 aromatic carbocycles. The number of fused-ring (bicyclic) bond motifs is 9. The number of amides is 3. The van der Waals surface area contributed by atoms with Gasteiger partial charge in [0.1, 0.15) is 23.4 Å². The summed E-state index contributed by atoms with van der Waals surface area (Å²) in [6.07, 6.45) is 0.488. The van der Waals surface area contributed by atoms with Gasteiger partial charge in [-0.1, -0.05) is 31.5 Å². The van der Waals surface area contributed by atoms with E-state index in [0.717, 1.165) is 6.42 Å². The van der Waals surface area contributed by atoms with Crippen molar-refractivity contribution >= 4 is 29.6 Å². The van der Waals surface area contributed by atoms with Gasteiger partial charge in [0, 0.05) is 25.6 Å². The molecule has 2 unspecified atom stereocenters. The molecule has 2 aliphatic heterocycles. The molecule has 13 heteroatoms. The fourth-order valence-corrected chi connectivity index (χ4v) is 4.72. The first-order valence-corrected chi connectivity index (χ1v) is 14.5. The normalized spacial score (nSPS) is 17.3. The molecule has 0 radical (unpaired) electrons. The van der Waals surface area contributed by atoms with Crippen molar-refractivity contribution in [2.45, 2.75) is 77.5 Å². The maximum absolute atomic E-state index is 13.9. The summed E-state index contributed by atoms with van der Waals surface area (Å²) in [6, 6.07) is 8.62. The van der Waals surface area contributed by atoms with Crippen molar-refractivity contribution in [3.05, 3.63) is 63.7 Å². The highest BCUT2D eigenvalue weighted by molar-refractivity contribution is 5.91. The van der Waals surface area contributed by atoms with Crippen LogP contribution in [-0.2, 0) is 36.7 Å². The lowest BCUT2D eigenvalue weighted by Crippen LogP contribution is -2.55. The molecule has 2 heterocycles. The number of rotatable bonds is 8. The summed E-state index contributed by atoms with van der Waals surface area (Å²) in [4.78, 5) is 65.5. The van der Waals surface area contributed by atoms with Crippen molar-refractivity contribution in [3.8, 4) is 11.5 Å². The number of nitrogens with zero attached hydrogens (tertiary/aromatic N) is 2. The lowest BCUT2D eigenvalue weighted by molar-refractivity contribution is -0.385. The van der Waals surface area contributed by atoms with Gasteiger partial charge in [-0.3, -0.25) is 19.7 Å². The highest BCUT2D eigenvalue weighted by Crippen LogP contribution is 2.33. The molecule has 0 aromatic heterocycles. The van der Waals surface area contributed by atoms with E-state index < -0.39 is 40.6 Å². The van der Waals surface area contributed by atoms with Crippen molar-refractivity contribution < 1.29 is 38.3 Å². The number of unbranched alkanes of at least 4 members (excludes halogenated alkanes) is 1. The third-order valence-corrected chi connectivity index (χ3v) is 6.78. The standard InChI is InChI=1S/C31H40N4O9/c1-6-7-15-34-24(13-14-32-30(39)44-31(2,3)4)28(37)33-23(29(38)42-5)17-21-11-12-26(25(18-21)35(40)41)43-22-10-8-9-20(16-22)19-27(34)36/h8-12,16,18,23-24H,6-7,13-15,17,19H2,1-5H3,(H,32,39)(H,33,37). The molecule has 3 amide bonds. The largest absolute Gasteiger partial charge is 0.467 e. The van der Waals surface area contributed by atoms with Crippen LogP contribution >= 0.6 is 0 Å². The van der Waals surface area contributed by atoms with E-state index in [4.69, 9.17) is 14.2 Å². The van der Waals surface area contributed by atoms with Crippen molar-refractivity contribution in [1.29, 1.82) is 0 Å². The Hall–Kier alpha value is -4.68. The fourth-order valence-electron chi connectivity index (χ4n) is 4.72. The molecule has 0 saturated carbocycles. The van der Waals surface area contributed by atoms with Gasteiger partial charge in [-0.2, -0.15) is 0 Å². The van der Waals surface area contributed by atoms with E-state index in [9.17, 15) is 29.3 Å². The van der Waals surface area contributed by atoms with Crippen LogP contribution in [0.2, 0.25) is 0 Å². The van der Waals surface area contributed by atoms with E-state index in [2.05, 4.69) is 10.6 Å². The van der Waals surface area contributed by atoms with E-state index in [0.29, 0.717) is 23.3 Å². The quantitative estimate of drug-likeness (QED) is 0.254. The Morgan fingerprint density at radius 1 is 1.16 bits per heavy atom. The molecule has 0 spiro atoms. The second kappa shape index (κ2) is 15.2. The van der Waals surface area contributed by atoms with Gasteiger partial charge in [-0.15, -0.1) is 0 Å². The maximum atomic E-state index is 13.9. The number of alkyl carbamates (subject to hydrolysis) is 1. The smallest absolute Gasteiger partial charge is 0.407 e. The SMILES string of the molecule is CCCCN1C(=O)Cc2cccc(c2)Oc2ccc(cc2[N+](=O)[O-])CC(C(=O)OC)NC(=O)C1CCNC(=O)OC(C)(C)C. The summed E-state index contributed by atoms with van der Waals surface area (Å²) in [6.45, 7) is 7.39. The molecule has 4 rings (SSSR count). The molecule has 238 valence electrons. The Labute approximate surface area is 256 Å². The number of methoxy groups -OCH3 is 1. The lowest BCUT2D eigenvalue weighted by atomic mass is 10.0. The van der Waals surface area contributed by atoms with Crippen LogP contribution < -0.4 is 15.4 Å². The number of nitro groups is 1. The van der Waals surface area contributed by atoms with Crippen LogP contribution in [0.3, 0.4) is 0 Å². The summed E-state index contributed by atoms with van der Waals surface area (Å²) in [7, 11) is 1.17.